The predicted octanol–water partition coefficient (Wildman–Crippen LogP) is 3.70. The second-order valence-electron chi connectivity index (χ2n) is 6.54. The van der Waals surface area contributed by atoms with Crippen LogP contribution >= 0.6 is 0 Å². The van der Waals surface area contributed by atoms with Crippen molar-refractivity contribution in [2.24, 2.45) is 0 Å². The fourth-order valence-corrected chi connectivity index (χ4v) is 3.15. The van der Waals surface area contributed by atoms with Gasteiger partial charge in [0.25, 0.3) is 11.8 Å². The lowest BCUT2D eigenvalue weighted by Crippen LogP contribution is -2.40. The molecule has 1 aromatic carbocycles. The number of anilines is 1. The van der Waals surface area contributed by atoms with Crippen molar-refractivity contribution >= 4 is 17.5 Å². The lowest BCUT2D eigenvalue weighted by molar-refractivity contribution is -0.134. The van der Waals surface area contributed by atoms with Crippen LogP contribution in [0.15, 0.2) is 47.1 Å². The summed E-state index contributed by atoms with van der Waals surface area (Å²) in [6, 6.07) is 10.5. The molecule has 0 saturated heterocycles. The Balaban J connectivity index is 1.48. The zero-order valence-corrected chi connectivity index (χ0v) is 14.9. The van der Waals surface area contributed by atoms with Gasteiger partial charge in [-0.15, -0.1) is 0 Å². The summed E-state index contributed by atoms with van der Waals surface area (Å²) in [5.41, 5.74) is 0.629. The van der Waals surface area contributed by atoms with E-state index in [1.165, 1.54) is 25.5 Å². The van der Waals surface area contributed by atoms with Crippen molar-refractivity contribution in [3.63, 3.8) is 0 Å². The van der Waals surface area contributed by atoms with Crippen molar-refractivity contribution < 1.29 is 18.7 Å². The maximum Gasteiger partial charge on any atom is 0.291 e. The number of furan rings is 1. The molecule has 6 heteroatoms. The Bertz CT molecular complexity index is 719. The summed E-state index contributed by atoms with van der Waals surface area (Å²) in [5, 5.41) is 2.73. The van der Waals surface area contributed by atoms with Gasteiger partial charge in [0.2, 0.25) is 0 Å². The van der Waals surface area contributed by atoms with Crippen LogP contribution in [-0.4, -0.2) is 36.4 Å². The van der Waals surface area contributed by atoms with E-state index in [0.29, 0.717) is 17.5 Å². The molecule has 0 spiro atoms. The van der Waals surface area contributed by atoms with Gasteiger partial charge in [-0.05, 0) is 49.2 Å². The Kier molecular flexibility index (Phi) is 5.94. The molecule has 26 heavy (non-hydrogen) atoms. The first-order valence-corrected chi connectivity index (χ1v) is 8.97. The molecule has 0 unspecified atom stereocenters. The first-order valence-electron chi connectivity index (χ1n) is 8.97. The third-order valence-electron chi connectivity index (χ3n) is 4.74. The van der Waals surface area contributed by atoms with Crippen molar-refractivity contribution in [3.05, 3.63) is 48.4 Å². The first-order chi connectivity index (χ1) is 12.6. The Morgan fingerprint density at radius 2 is 1.88 bits per heavy atom. The van der Waals surface area contributed by atoms with E-state index in [1.54, 1.807) is 36.4 Å². The van der Waals surface area contributed by atoms with Crippen LogP contribution in [0.5, 0.6) is 5.75 Å². The summed E-state index contributed by atoms with van der Waals surface area (Å²) in [4.78, 5) is 26.0. The molecule has 1 heterocycles. The number of benzene rings is 1. The number of nitrogens with one attached hydrogen (secondary N) is 1. The van der Waals surface area contributed by atoms with Crippen LogP contribution in [0.2, 0.25) is 0 Å². The monoisotopic (exact) mass is 356 g/mol. The van der Waals surface area contributed by atoms with E-state index < -0.39 is 0 Å². The quantitative estimate of drug-likeness (QED) is 0.857. The van der Waals surface area contributed by atoms with Gasteiger partial charge in [-0.3, -0.25) is 9.59 Å². The van der Waals surface area contributed by atoms with Gasteiger partial charge in [0.15, 0.2) is 12.4 Å². The van der Waals surface area contributed by atoms with Gasteiger partial charge in [0, 0.05) is 18.8 Å². The molecule has 0 atom stereocenters. The number of carbonyl (C=O) groups is 2. The number of rotatable bonds is 6. The number of hydrogen-bond donors (Lipinski definition) is 1. The molecule has 2 amide bonds. The highest BCUT2D eigenvalue weighted by Crippen LogP contribution is 2.22. The molecule has 2 aromatic rings. The second-order valence-corrected chi connectivity index (χ2v) is 6.54. The van der Waals surface area contributed by atoms with E-state index in [-0.39, 0.29) is 24.2 Å². The Hall–Kier alpha value is -2.76. The minimum Gasteiger partial charge on any atom is -0.484 e. The van der Waals surface area contributed by atoms with E-state index in [1.807, 2.05) is 11.9 Å². The molecule has 1 aliphatic rings. The van der Waals surface area contributed by atoms with Gasteiger partial charge in [0.05, 0.1) is 6.26 Å². The summed E-state index contributed by atoms with van der Waals surface area (Å²) >= 11 is 0. The molecule has 1 saturated carbocycles. The number of hydrogen-bond acceptors (Lipinski definition) is 4. The highest BCUT2D eigenvalue weighted by Gasteiger charge is 2.22. The van der Waals surface area contributed by atoms with Crippen LogP contribution in [0.3, 0.4) is 0 Å². The number of ether oxygens (including phenoxy) is 1. The molecule has 0 radical (unpaired) electrons. The molecule has 0 aliphatic heterocycles. The number of carbonyl (C=O) groups excluding carboxylic acids is 2. The average Bonchev–Trinajstić information content (AvgIpc) is 3.22. The van der Waals surface area contributed by atoms with Crippen LogP contribution in [0.4, 0.5) is 5.69 Å². The Morgan fingerprint density at radius 3 is 2.54 bits per heavy atom. The van der Waals surface area contributed by atoms with Crippen molar-refractivity contribution in [2.45, 2.75) is 38.1 Å². The van der Waals surface area contributed by atoms with E-state index >= 15 is 0 Å². The summed E-state index contributed by atoms with van der Waals surface area (Å²) in [5.74, 6) is 0.521. The lowest BCUT2D eigenvalue weighted by atomic mass is 9.94. The van der Waals surface area contributed by atoms with Crippen molar-refractivity contribution in [2.75, 3.05) is 19.0 Å². The molecule has 138 valence electrons. The molecule has 0 bridgehead atoms. The van der Waals surface area contributed by atoms with E-state index in [4.69, 9.17) is 9.15 Å². The van der Waals surface area contributed by atoms with Gasteiger partial charge in [-0.25, -0.2) is 0 Å². The fraction of sp³-hybridized carbons (Fsp3) is 0.400. The maximum absolute atomic E-state index is 12.3. The first kappa shape index (κ1) is 18.0. The summed E-state index contributed by atoms with van der Waals surface area (Å²) < 4.78 is 10.6. The maximum atomic E-state index is 12.3. The highest BCUT2D eigenvalue weighted by atomic mass is 16.5. The van der Waals surface area contributed by atoms with Crippen molar-refractivity contribution in [1.29, 1.82) is 0 Å². The largest absolute Gasteiger partial charge is 0.484 e. The predicted molar refractivity (Wildman–Crippen MR) is 98.2 cm³/mol. The summed E-state index contributed by atoms with van der Waals surface area (Å²) in [7, 11) is 1.86. The SMILES string of the molecule is CN(C(=O)COc1ccc(NC(=O)c2ccco2)cc1)C1CCCCC1. The van der Waals surface area contributed by atoms with Crippen LogP contribution in [0.1, 0.15) is 42.7 Å². The molecule has 1 aliphatic carbocycles. The van der Waals surface area contributed by atoms with Gasteiger partial charge in [-0.2, -0.15) is 0 Å². The van der Waals surface area contributed by atoms with Gasteiger partial charge >= 0.3 is 0 Å². The van der Waals surface area contributed by atoms with Crippen LogP contribution in [-0.2, 0) is 4.79 Å². The lowest BCUT2D eigenvalue weighted by Gasteiger charge is -2.31. The van der Waals surface area contributed by atoms with Crippen molar-refractivity contribution in [3.8, 4) is 5.75 Å². The zero-order valence-electron chi connectivity index (χ0n) is 14.9. The summed E-state index contributed by atoms with van der Waals surface area (Å²) in [6.45, 7) is 0.0189. The third kappa shape index (κ3) is 4.65. The molecular weight excluding hydrogens is 332 g/mol. The number of nitrogens with zero attached hydrogens (tertiary/aromatic N) is 1. The third-order valence-corrected chi connectivity index (χ3v) is 4.74. The van der Waals surface area contributed by atoms with E-state index in [0.717, 1.165) is 12.8 Å². The van der Waals surface area contributed by atoms with Gasteiger partial charge in [0.1, 0.15) is 5.75 Å². The second kappa shape index (κ2) is 8.56. The fourth-order valence-electron chi connectivity index (χ4n) is 3.15. The van der Waals surface area contributed by atoms with Gasteiger partial charge < -0.3 is 19.4 Å². The standard InChI is InChI=1S/C20H24N2O4/c1-22(16-6-3-2-4-7-16)19(23)14-26-17-11-9-15(10-12-17)21-20(24)18-8-5-13-25-18/h5,8-13,16H,2-4,6-7,14H2,1H3,(H,21,24). The summed E-state index contributed by atoms with van der Waals surface area (Å²) in [6.07, 6.45) is 7.24. The van der Waals surface area contributed by atoms with E-state index in [9.17, 15) is 9.59 Å². The number of amides is 2. The highest BCUT2D eigenvalue weighted by molar-refractivity contribution is 6.02. The minimum absolute atomic E-state index is 0.00732. The molecule has 1 fully saturated rings. The molecule has 1 aromatic heterocycles. The average molecular weight is 356 g/mol. The topological polar surface area (TPSA) is 71.8 Å². The molecule has 1 N–H and O–H groups in total. The van der Waals surface area contributed by atoms with Crippen LogP contribution < -0.4 is 10.1 Å². The molecule has 3 rings (SSSR count). The van der Waals surface area contributed by atoms with Gasteiger partial charge in [-0.1, -0.05) is 19.3 Å². The number of likely N-dealkylation sites (N-methyl/N-ethyl adjacent to an activating group) is 1. The van der Waals surface area contributed by atoms with Crippen LogP contribution in [0, 0.1) is 0 Å². The Labute approximate surface area is 153 Å². The van der Waals surface area contributed by atoms with E-state index in [2.05, 4.69) is 5.32 Å². The molecule has 6 nitrogen and oxygen atoms in total. The molecular formula is C20H24N2O4. The smallest absolute Gasteiger partial charge is 0.291 e. The zero-order chi connectivity index (χ0) is 18.4. The minimum atomic E-state index is -0.312. The van der Waals surface area contributed by atoms with Crippen LogP contribution in [0.25, 0.3) is 0 Å². The van der Waals surface area contributed by atoms with Crippen molar-refractivity contribution in [1.82, 2.24) is 4.90 Å². The Morgan fingerprint density at radius 1 is 1.15 bits per heavy atom. The normalized spacial score (nSPS) is 14.7.